The van der Waals surface area contributed by atoms with E-state index in [-0.39, 0.29) is 5.82 Å². The van der Waals surface area contributed by atoms with Crippen molar-refractivity contribution in [3.8, 4) is 0 Å². The van der Waals surface area contributed by atoms with Gasteiger partial charge in [-0.15, -0.1) is 0 Å². The highest BCUT2D eigenvalue weighted by Gasteiger charge is 2.29. The number of pyridine rings is 1. The molecule has 16 heavy (non-hydrogen) atoms. The van der Waals surface area contributed by atoms with Crippen molar-refractivity contribution in [2.45, 2.75) is 13.1 Å². The van der Waals surface area contributed by atoms with Gasteiger partial charge in [0.15, 0.2) is 6.61 Å². The van der Waals surface area contributed by atoms with Gasteiger partial charge in [0, 0.05) is 6.20 Å². The van der Waals surface area contributed by atoms with Crippen LogP contribution < -0.4 is 5.32 Å². The molecule has 1 aromatic heterocycles. The molecule has 0 aromatic carbocycles. The number of aromatic nitrogens is 1. The second-order valence-electron chi connectivity index (χ2n) is 3.04. The van der Waals surface area contributed by atoms with Crippen LogP contribution in [-0.4, -0.2) is 23.9 Å². The standard InChI is InChI=1S/C9H9F3N2O2/c1-6-2-3-7(13-4-6)14-8(15)16-5-9(10,11)12/h2-4H,5H2,1H3,(H,13,14,15). The van der Waals surface area contributed by atoms with Crippen LogP contribution in [0.15, 0.2) is 18.3 Å². The van der Waals surface area contributed by atoms with Crippen LogP contribution in [0.2, 0.25) is 0 Å². The zero-order valence-electron chi connectivity index (χ0n) is 8.34. The summed E-state index contributed by atoms with van der Waals surface area (Å²) in [5, 5.41) is 2.07. The predicted molar refractivity (Wildman–Crippen MR) is 50.0 cm³/mol. The van der Waals surface area contributed by atoms with Gasteiger partial charge < -0.3 is 4.74 Å². The van der Waals surface area contributed by atoms with Crippen molar-refractivity contribution in [2.24, 2.45) is 0 Å². The molecule has 88 valence electrons. The van der Waals surface area contributed by atoms with Gasteiger partial charge in [0.1, 0.15) is 5.82 Å². The molecule has 1 N–H and O–H groups in total. The quantitative estimate of drug-likeness (QED) is 0.855. The Morgan fingerprint density at radius 3 is 2.69 bits per heavy atom. The van der Waals surface area contributed by atoms with Crippen molar-refractivity contribution >= 4 is 11.9 Å². The van der Waals surface area contributed by atoms with Gasteiger partial charge in [-0.3, -0.25) is 5.32 Å². The van der Waals surface area contributed by atoms with Gasteiger partial charge in [0.2, 0.25) is 0 Å². The number of carbonyl (C=O) groups is 1. The maximum atomic E-state index is 11.7. The molecule has 0 saturated carbocycles. The number of alkyl halides is 3. The molecule has 4 nitrogen and oxygen atoms in total. The summed E-state index contributed by atoms with van der Waals surface area (Å²) in [5.74, 6) is 0.137. The zero-order chi connectivity index (χ0) is 12.2. The Kier molecular flexibility index (Phi) is 3.70. The molecule has 0 aliphatic carbocycles. The topological polar surface area (TPSA) is 51.2 Å². The van der Waals surface area contributed by atoms with E-state index in [1.807, 2.05) is 0 Å². The van der Waals surface area contributed by atoms with Gasteiger partial charge >= 0.3 is 12.3 Å². The fourth-order valence-corrected chi connectivity index (χ4v) is 0.830. The molecule has 0 atom stereocenters. The lowest BCUT2D eigenvalue weighted by atomic mass is 10.3. The van der Waals surface area contributed by atoms with Crippen LogP contribution in [0.5, 0.6) is 0 Å². The summed E-state index contributed by atoms with van der Waals surface area (Å²) in [5.41, 5.74) is 0.870. The minimum atomic E-state index is -4.53. The number of rotatable bonds is 2. The minimum absolute atomic E-state index is 0.137. The Morgan fingerprint density at radius 2 is 2.19 bits per heavy atom. The number of carbonyl (C=O) groups excluding carboxylic acids is 1. The van der Waals surface area contributed by atoms with E-state index in [9.17, 15) is 18.0 Å². The summed E-state index contributed by atoms with van der Waals surface area (Å²) in [6.45, 7) is 0.170. The maximum Gasteiger partial charge on any atom is 0.422 e. The maximum absolute atomic E-state index is 11.7. The lowest BCUT2D eigenvalue weighted by Crippen LogP contribution is -2.23. The molecule has 1 heterocycles. The van der Waals surface area contributed by atoms with E-state index in [2.05, 4.69) is 15.0 Å². The Bertz CT molecular complexity index is 362. The zero-order valence-corrected chi connectivity index (χ0v) is 8.34. The van der Waals surface area contributed by atoms with Crippen LogP contribution in [0.25, 0.3) is 0 Å². The van der Waals surface area contributed by atoms with Gasteiger partial charge in [0.25, 0.3) is 0 Å². The van der Waals surface area contributed by atoms with Crippen molar-refractivity contribution in [3.05, 3.63) is 23.9 Å². The second kappa shape index (κ2) is 4.82. The minimum Gasteiger partial charge on any atom is -0.440 e. The first-order valence-electron chi connectivity index (χ1n) is 4.30. The SMILES string of the molecule is Cc1ccc(NC(=O)OCC(F)(F)F)nc1. The normalized spacial score (nSPS) is 11.0. The van der Waals surface area contributed by atoms with Gasteiger partial charge in [0.05, 0.1) is 0 Å². The van der Waals surface area contributed by atoms with E-state index in [0.29, 0.717) is 0 Å². The Hall–Kier alpha value is -1.79. The first kappa shape index (κ1) is 12.3. The predicted octanol–water partition coefficient (Wildman–Crippen LogP) is 2.50. The number of aryl methyl sites for hydroxylation is 1. The molecule has 1 amide bonds. The number of nitrogens with zero attached hydrogens (tertiary/aromatic N) is 1. The first-order chi connectivity index (χ1) is 7.37. The van der Waals surface area contributed by atoms with Crippen LogP contribution in [0.1, 0.15) is 5.56 Å². The molecule has 0 aliphatic rings. The lowest BCUT2D eigenvalue weighted by molar-refractivity contribution is -0.159. The number of amides is 1. The van der Waals surface area contributed by atoms with Crippen LogP contribution in [0.3, 0.4) is 0 Å². The first-order valence-corrected chi connectivity index (χ1v) is 4.30. The molecular formula is C9H9F3N2O2. The summed E-state index contributed by atoms with van der Waals surface area (Å²) < 4.78 is 39.0. The fourth-order valence-electron chi connectivity index (χ4n) is 0.830. The number of nitrogens with one attached hydrogen (secondary N) is 1. The highest BCUT2D eigenvalue weighted by Crippen LogP contribution is 2.14. The molecule has 0 bridgehead atoms. The molecule has 0 saturated heterocycles. The monoisotopic (exact) mass is 234 g/mol. The van der Waals surface area contributed by atoms with Crippen molar-refractivity contribution in [1.29, 1.82) is 0 Å². The Morgan fingerprint density at radius 1 is 1.50 bits per heavy atom. The molecular weight excluding hydrogens is 225 g/mol. The van der Waals surface area contributed by atoms with Crippen LogP contribution in [-0.2, 0) is 4.74 Å². The number of hydrogen-bond donors (Lipinski definition) is 1. The molecule has 0 radical (unpaired) electrons. The van der Waals surface area contributed by atoms with Crippen molar-refractivity contribution < 1.29 is 22.7 Å². The largest absolute Gasteiger partial charge is 0.440 e. The van der Waals surface area contributed by atoms with Gasteiger partial charge in [-0.25, -0.2) is 9.78 Å². The summed E-state index contributed by atoms with van der Waals surface area (Å²) >= 11 is 0. The third-order valence-corrected chi connectivity index (χ3v) is 1.51. The third kappa shape index (κ3) is 4.63. The van der Waals surface area contributed by atoms with Crippen LogP contribution in [0, 0.1) is 6.92 Å². The van der Waals surface area contributed by atoms with Crippen molar-refractivity contribution in [3.63, 3.8) is 0 Å². The van der Waals surface area contributed by atoms with E-state index in [1.54, 1.807) is 13.0 Å². The van der Waals surface area contributed by atoms with E-state index < -0.39 is 18.9 Å². The summed E-state index contributed by atoms with van der Waals surface area (Å²) in [7, 11) is 0. The molecule has 7 heteroatoms. The highest BCUT2D eigenvalue weighted by molar-refractivity contribution is 5.83. The van der Waals surface area contributed by atoms with Crippen LogP contribution >= 0.6 is 0 Å². The molecule has 1 rings (SSSR count). The molecule has 0 spiro atoms. The lowest BCUT2D eigenvalue weighted by Gasteiger charge is -2.08. The van der Waals surface area contributed by atoms with E-state index >= 15 is 0 Å². The van der Waals surface area contributed by atoms with Gasteiger partial charge in [-0.1, -0.05) is 6.07 Å². The van der Waals surface area contributed by atoms with E-state index in [1.165, 1.54) is 12.3 Å². The Labute approximate surface area is 89.4 Å². The fraction of sp³-hybridized carbons (Fsp3) is 0.333. The number of hydrogen-bond acceptors (Lipinski definition) is 3. The number of halogens is 3. The molecule has 0 unspecified atom stereocenters. The van der Waals surface area contributed by atoms with Crippen LogP contribution in [0.4, 0.5) is 23.8 Å². The smallest absolute Gasteiger partial charge is 0.422 e. The summed E-state index contributed by atoms with van der Waals surface area (Å²) in [6.07, 6.45) is -4.24. The van der Waals surface area contributed by atoms with Gasteiger partial charge in [-0.2, -0.15) is 13.2 Å². The molecule has 0 fully saturated rings. The third-order valence-electron chi connectivity index (χ3n) is 1.51. The van der Waals surface area contributed by atoms with Crippen molar-refractivity contribution in [2.75, 3.05) is 11.9 Å². The van der Waals surface area contributed by atoms with Crippen molar-refractivity contribution in [1.82, 2.24) is 4.98 Å². The Balaban J connectivity index is 2.43. The molecule has 0 aliphatic heterocycles. The highest BCUT2D eigenvalue weighted by atomic mass is 19.4. The van der Waals surface area contributed by atoms with E-state index in [4.69, 9.17) is 0 Å². The number of ether oxygens (including phenoxy) is 1. The summed E-state index contributed by atoms with van der Waals surface area (Å²) in [4.78, 5) is 14.6. The number of anilines is 1. The average molecular weight is 234 g/mol. The van der Waals surface area contributed by atoms with E-state index in [0.717, 1.165) is 5.56 Å². The molecule has 1 aromatic rings. The second-order valence-corrected chi connectivity index (χ2v) is 3.04. The summed E-state index contributed by atoms with van der Waals surface area (Å²) in [6, 6.07) is 3.12. The van der Waals surface area contributed by atoms with Gasteiger partial charge in [-0.05, 0) is 18.6 Å². The average Bonchev–Trinajstić information content (AvgIpc) is 2.18.